The number of carbonyl (C=O) groups excluding carboxylic acids is 1. The van der Waals surface area contributed by atoms with Gasteiger partial charge in [0.25, 0.3) is 0 Å². The molecule has 0 saturated carbocycles. The van der Waals surface area contributed by atoms with Gasteiger partial charge >= 0.3 is 0 Å². The minimum absolute atomic E-state index is 0.312. The summed E-state index contributed by atoms with van der Waals surface area (Å²) in [4.78, 5) is 16.5. The number of ether oxygens (including phenoxy) is 1. The van der Waals surface area contributed by atoms with Crippen molar-refractivity contribution in [2.75, 3.05) is 39.9 Å². The lowest BCUT2D eigenvalue weighted by Gasteiger charge is -2.43. The molecule has 6 heteroatoms. The third-order valence-corrected chi connectivity index (χ3v) is 4.51. The number of amides is 1. The largest absolute Gasteiger partial charge is 0.383 e. The van der Waals surface area contributed by atoms with E-state index in [1.807, 2.05) is 0 Å². The first-order valence-electron chi connectivity index (χ1n) is 8.08. The third-order valence-electron chi connectivity index (χ3n) is 4.51. The van der Waals surface area contributed by atoms with Crippen molar-refractivity contribution in [3.05, 3.63) is 35.6 Å². The second-order valence-electron chi connectivity index (χ2n) is 5.94. The molecule has 2 rings (SSSR count). The number of hydrogen-bond donors (Lipinski definition) is 1. The Morgan fingerprint density at radius 3 is 2.65 bits per heavy atom. The van der Waals surface area contributed by atoms with Gasteiger partial charge in [-0.2, -0.15) is 0 Å². The molecule has 1 aliphatic rings. The fourth-order valence-corrected chi connectivity index (χ4v) is 3.24. The van der Waals surface area contributed by atoms with Crippen LogP contribution >= 0.6 is 0 Å². The van der Waals surface area contributed by atoms with E-state index in [2.05, 4.69) is 16.7 Å². The van der Waals surface area contributed by atoms with Gasteiger partial charge in [0.05, 0.1) is 6.61 Å². The number of methoxy groups -OCH3 is 1. The van der Waals surface area contributed by atoms with Gasteiger partial charge in [-0.25, -0.2) is 4.39 Å². The summed E-state index contributed by atoms with van der Waals surface area (Å²) in [7, 11) is 1.70. The highest BCUT2D eigenvalue weighted by Crippen LogP contribution is 2.25. The van der Waals surface area contributed by atoms with Crippen LogP contribution in [0.2, 0.25) is 0 Å². The highest BCUT2D eigenvalue weighted by atomic mass is 19.1. The van der Waals surface area contributed by atoms with Gasteiger partial charge in [-0.3, -0.25) is 14.6 Å². The minimum Gasteiger partial charge on any atom is -0.383 e. The average molecular weight is 323 g/mol. The van der Waals surface area contributed by atoms with Gasteiger partial charge in [-0.15, -0.1) is 0 Å². The highest BCUT2D eigenvalue weighted by molar-refractivity contribution is 5.81. The van der Waals surface area contributed by atoms with Gasteiger partial charge in [-0.05, 0) is 24.1 Å². The topological polar surface area (TPSA) is 58.8 Å². The first-order chi connectivity index (χ1) is 11.1. The average Bonchev–Trinajstić information content (AvgIpc) is 2.55. The van der Waals surface area contributed by atoms with E-state index in [9.17, 15) is 9.18 Å². The van der Waals surface area contributed by atoms with E-state index in [1.54, 1.807) is 19.2 Å². The predicted molar refractivity (Wildman–Crippen MR) is 87.4 cm³/mol. The molecule has 128 valence electrons. The van der Waals surface area contributed by atoms with Crippen molar-refractivity contribution in [1.82, 2.24) is 9.80 Å². The molecular weight excluding hydrogens is 297 g/mol. The number of nitrogens with zero attached hydrogens (tertiary/aromatic N) is 2. The Kier molecular flexibility index (Phi) is 6.50. The Morgan fingerprint density at radius 1 is 1.39 bits per heavy atom. The quantitative estimate of drug-likeness (QED) is 0.824. The first-order valence-corrected chi connectivity index (χ1v) is 8.08. The van der Waals surface area contributed by atoms with Crippen LogP contribution in [0.5, 0.6) is 0 Å². The normalized spacial score (nSPS) is 21.3. The molecule has 1 aliphatic heterocycles. The molecule has 1 fully saturated rings. The van der Waals surface area contributed by atoms with Gasteiger partial charge in [0.15, 0.2) is 0 Å². The maximum Gasteiger partial charge on any atom is 0.239 e. The number of benzene rings is 1. The maximum absolute atomic E-state index is 13.1. The number of halogens is 1. The van der Waals surface area contributed by atoms with Crippen LogP contribution < -0.4 is 5.73 Å². The smallest absolute Gasteiger partial charge is 0.239 e. The molecule has 2 atom stereocenters. The van der Waals surface area contributed by atoms with Gasteiger partial charge in [0.1, 0.15) is 11.9 Å². The molecule has 0 aromatic heterocycles. The lowest BCUT2D eigenvalue weighted by atomic mass is 10.0. The van der Waals surface area contributed by atoms with Crippen LogP contribution in [-0.2, 0) is 9.53 Å². The minimum atomic E-state index is -0.505. The Hall–Kier alpha value is -1.50. The summed E-state index contributed by atoms with van der Waals surface area (Å²) in [6.07, 6.45) is 0.995. The number of rotatable bonds is 7. The Balaban J connectivity index is 2.12. The van der Waals surface area contributed by atoms with Gasteiger partial charge in [-0.1, -0.05) is 19.1 Å². The molecule has 0 spiro atoms. The molecule has 0 aliphatic carbocycles. The van der Waals surface area contributed by atoms with E-state index in [0.29, 0.717) is 12.6 Å². The third kappa shape index (κ3) is 4.50. The van der Waals surface area contributed by atoms with Crippen molar-refractivity contribution < 1.29 is 13.9 Å². The molecule has 1 heterocycles. The highest BCUT2D eigenvalue weighted by Gasteiger charge is 2.33. The molecular formula is C17H26FN3O2. The monoisotopic (exact) mass is 323 g/mol. The lowest BCUT2D eigenvalue weighted by Crippen LogP contribution is -2.55. The Bertz CT molecular complexity index is 509. The summed E-state index contributed by atoms with van der Waals surface area (Å²) in [5.74, 6) is -0.704. The molecule has 1 amide bonds. The number of carbonyl (C=O) groups is 1. The van der Waals surface area contributed by atoms with Crippen LogP contribution in [0.3, 0.4) is 0 Å². The zero-order valence-corrected chi connectivity index (χ0v) is 13.9. The molecule has 0 unspecified atom stereocenters. The van der Waals surface area contributed by atoms with Crippen molar-refractivity contribution >= 4 is 5.91 Å². The second kappa shape index (κ2) is 8.38. The molecule has 2 N–H and O–H groups in total. The van der Waals surface area contributed by atoms with Crippen molar-refractivity contribution in [3.8, 4) is 0 Å². The summed E-state index contributed by atoms with van der Waals surface area (Å²) < 4.78 is 18.3. The van der Waals surface area contributed by atoms with E-state index in [4.69, 9.17) is 10.5 Å². The summed E-state index contributed by atoms with van der Waals surface area (Å²) >= 11 is 0. The van der Waals surface area contributed by atoms with Crippen LogP contribution in [0.15, 0.2) is 24.3 Å². The Morgan fingerprint density at radius 2 is 2.09 bits per heavy atom. The predicted octanol–water partition coefficient (Wildman–Crippen LogP) is 1.39. The number of nitrogens with two attached hydrogens (primary N) is 1. The number of primary amides is 1. The van der Waals surface area contributed by atoms with E-state index < -0.39 is 11.9 Å². The fraction of sp³-hybridized carbons (Fsp3) is 0.588. The molecule has 1 aromatic carbocycles. The lowest BCUT2D eigenvalue weighted by molar-refractivity contribution is -0.125. The standard InChI is InChI=1S/C17H26FN3O2/c1-3-15-12-21(9-8-20(15)10-11-23-2)16(17(19)22)13-4-6-14(18)7-5-13/h4-7,15-16H,3,8-12H2,1-2H3,(H2,19,22)/t15-,16+/m0/s1. The number of hydrogen-bond acceptors (Lipinski definition) is 4. The second-order valence-corrected chi connectivity index (χ2v) is 5.94. The van der Waals surface area contributed by atoms with Crippen molar-refractivity contribution in [1.29, 1.82) is 0 Å². The summed E-state index contributed by atoms with van der Waals surface area (Å²) in [5, 5.41) is 0. The SMILES string of the molecule is CC[C@H]1CN([C@@H](C(N)=O)c2ccc(F)cc2)CCN1CCOC. The van der Waals surface area contributed by atoms with Crippen molar-refractivity contribution in [2.45, 2.75) is 25.4 Å². The molecule has 5 nitrogen and oxygen atoms in total. The summed E-state index contributed by atoms with van der Waals surface area (Å²) in [6, 6.07) is 5.89. The van der Waals surface area contributed by atoms with Crippen LogP contribution in [0.1, 0.15) is 24.9 Å². The van der Waals surface area contributed by atoms with Crippen LogP contribution in [-0.4, -0.2) is 61.6 Å². The van der Waals surface area contributed by atoms with Gasteiger partial charge < -0.3 is 10.5 Å². The van der Waals surface area contributed by atoms with E-state index in [0.717, 1.165) is 38.2 Å². The van der Waals surface area contributed by atoms with Gasteiger partial charge in [0.2, 0.25) is 5.91 Å². The molecule has 23 heavy (non-hydrogen) atoms. The van der Waals surface area contributed by atoms with E-state index >= 15 is 0 Å². The summed E-state index contributed by atoms with van der Waals surface area (Å²) in [5.41, 5.74) is 6.38. The fourth-order valence-electron chi connectivity index (χ4n) is 3.24. The van der Waals surface area contributed by atoms with Crippen molar-refractivity contribution in [3.63, 3.8) is 0 Å². The summed E-state index contributed by atoms with van der Waals surface area (Å²) in [6.45, 7) is 6.13. The molecule has 1 saturated heterocycles. The van der Waals surface area contributed by atoms with Crippen LogP contribution in [0.4, 0.5) is 4.39 Å². The number of piperazine rings is 1. The molecule has 0 radical (unpaired) electrons. The van der Waals surface area contributed by atoms with Crippen molar-refractivity contribution in [2.24, 2.45) is 5.73 Å². The van der Waals surface area contributed by atoms with Gasteiger partial charge in [0, 0.05) is 39.3 Å². The zero-order valence-electron chi connectivity index (χ0n) is 13.9. The van der Waals surface area contributed by atoms with Crippen LogP contribution in [0.25, 0.3) is 0 Å². The molecule has 1 aromatic rings. The van der Waals surface area contributed by atoms with E-state index in [-0.39, 0.29) is 5.82 Å². The first kappa shape index (κ1) is 17.8. The zero-order chi connectivity index (χ0) is 16.8. The van der Waals surface area contributed by atoms with E-state index in [1.165, 1.54) is 12.1 Å². The van der Waals surface area contributed by atoms with Crippen LogP contribution in [0, 0.1) is 5.82 Å². The maximum atomic E-state index is 13.1. The Labute approximate surface area is 137 Å². The molecule has 0 bridgehead atoms.